The first-order valence-corrected chi connectivity index (χ1v) is 8.86. The number of aryl methyl sites for hydroxylation is 1. The van der Waals surface area contributed by atoms with Crippen molar-refractivity contribution in [1.82, 2.24) is 0 Å². The number of rotatable bonds is 6. The van der Waals surface area contributed by atoms with E-state index in [-0.39, 0.29) is 6.10 Å². The summed E-state index contributed by atoms with van der Waals surface area (Å²) in [5.74, 6) is 1.58. The highest BCUT2D eigenvalue weighted by molar-refractivity contribution is 6.35. The predicted octanol–water partition coefficient (Wildman–Crippen LogP) is 5.30. The fourth-order valence-electron chi connectivity index (χ4n) is 2.65. The van der Waals surface area contributed by atoms with Gasteiger partial charge < -0.3 is 14.2 Å². The van der Waals surface area contributed by atoms with Gasteiger partial charge in [0.2, 0.25) is 0 Å². The Morgan fingerprint density at radius 2 is 1.92 bits per heavy atom. The second kappa shape index (κ2) is 8.11. The number of ether oxygens (including phenoxy) is 3. The van der Waals surface area contributed by atoms with E-state index in [0.717, 1.165) is 29.9 Å². The molecule has 1 aliphatic heterocycles. The molecule has 1 atom stereocenters. The van der Waals surface area contributed by atoms with Crippen LogP contribution in [-0.2, 0) is 17.8 Å². The summed E-state index contributed by atoms with van der Waals surface area (Å²) in [5.41, 5.74) is 2.05. The molecule has 1 heterocycles. The summed E-state index contributed by atoms with van der Waals surface area (Å²) in [5, 5.41) is 1.22. The Hall–Kier alpha value is -1.42. The molecule has 0 saturated heterocycles. The Labute approximate surface area is 152 Å². The lowest BCUT2D eigenvalue weighted by Gasteiger charge is -2.27. The summed E-state index contributed by atoms with van der Waals surface area (Å²) in [6, 6.07) is 11.5. The standard InChI is InChI=1S/C19H20Cl2O3/c1-2-4-13-7-8-18-19(9-13)24-14(11-23-18)10-22-12-15-16(20)5-3-6-17(15)21/h3,5-9,14H,2,4,10-12H2,1H3. The van der Waals surface area contributed by atoms with Gasteiger partial charge in [0, 0.05) is 15.6 Å². The number of fused-ring (bicyclic) bond motifs is 1. The van der Waals surface area contributed by atoms with Crippen molar-refractivity contribution in [3.05, 3.63) is 57.6 Å². The first-order valence-electron chi connectivity index (χ1n) is 8.10. The molecule has 3 nitrogen and oxygen atoms in total. The van der Waals surface area contributed by atoms with Crippen molar-refractivity contribution in [3.63, 3.8) is 0 Å². The highest BCUT2D eigenvalue weighted by atomic mass is 35.5. The van der Waals surface area contributed by atoms with Crippen LogP contribution < -0.4 is 9.47 Å². The maximum atomic E-state index is 6.14. The monoisotopic (exact) mass is 366 g/mol. The van der Waals surface area contributed by atoms with Gasteiger partial charge in [-0.15, -0.1) is 0 Å². The third-order valence-electron chi connectivity index (χ3n) is 3.88. The molecule has 1 aliphatic rings. The lowest BCUT2D eigenvalue weighted by Crippen LogP contribution is -2.33. The minimum absolute atomic E-state index is 0.143. The lowest BCUT2D eigenvalue weighted by molar-refractivity contribution is 0.00270. The van der Waals surface area contributed by atoms with E-state index in [1.165, 1.54) is 5.56 Å². The Balaban J connectivity index is 1.57. The third kappa shape index (κ3) is 4.15. The second-order valence-corrected chi connectivity index (χ2v) is 6.61. The van der Waals surface area contributed by atoms with E-state index in [1.807, 2.05) is 12.1 Å². The van der Waals surface area contributed by atoms with Crippen LogP contribution in [0, 0.1) is 0 Å². The highest BCUT2D eigenvalue weighted by Crippen LogP contribution is 2.33. The van der Waals surface area contributed by atoms with Gasteiger partial charge in [0.1, 0.15) is 6.61 Å². The smallest absolute Gasteiger partial charge is 0.162 e. The SMILES string of the molecule is CCCc1ccc2c(c1)OC(COCc1c(Cl)cccc1Cl)CO2. The Morgan fingerprint density at radius 1 is 1.12 bits per heavy atom. The maximum absolute atomic E-state index is 6.14. The molecule has 0 N–H and O–H groups in total. The van der Waals surface area contributed by atoms with Gasteiger partial charge in [-0.25, -0.2) is 0 Å². The molecular formula is C19H20Cl2O3. The van der Waals surface area contributed by atoms with E-state index in [9.17, 15) is 0 Å². The van der Waals surface area contributed by atoms with Crippen molar-refractivity contribution in [1.29, 1.82) is 0 Å². The first-order chi connectivity index (χ1) is 11.7. The van der Waals surface area contributed by atoms with Crippen molar-refractivity contribution in [2.24, 2.45) is 0 Å². The van der Waals surface area contributed by atoms with E-state index in [4.69, 9.17) is 37.4 Å². The first kappa shape index (κ1) is 17.4. The van der Waals surface area contributed by atoms with Gasteiger partial charge >= 0.3 is 0 Å². The third-order valence-corrected chi connectivity index (χ3v) is 4.59. The molecule has 0 bridgehead atoms. The number of hydrogen-bond donors (Lipinski definition) is 0. The summed E-state index contributed by atoms with van der Waals surface area (Å²) in [7, 11) is 0. The van der Waals surface area contributed by atoms with Crippen LogP contribution in [0.4, 0.5) is 0 Å². The van der Waals surface area contributed by atoms with Crippen LogP contribution in [0.25, 0.3) is 0 Å². The van der Waals surface area contributed by atoms with Crippen LogP contribution in [0.5, 0.6) is 11.5 Å². The maximum Gasteiger partial charge on any atom is 0.162 e. The molecule has 0 radical (unpaired) electrons. The predicted molar refractivity (Wildman–Crippen MR) is 96.5 cm³/mol. The number of benzene rings is 2. The molecule has 0 saturated carbocycles. The topological polar surface area (TPSA) is 27.7 Å². The summed E-state index contributed by atoms with van der Waals surface area (Å²) in [6.07, 6.45) is 1.99. The van der Waals surface area contributed by atoms with Crippen molar-refractivity contribution in [2.45, 2.75) is 32.5 Å². The Kier molecular flexibility index (Phi) is 5.88. The van der Waals surface area contributed by atoms with Gasteiger partial charge in [0.15, 0.2) is 17.6 Å². The van der Waals surface area contributed by atoms with Crippen LogP contribution in [-0.4, -0.2) is 19.3 Å². The van der Waals surface area contributed by atoms with Crippen molar-refractivity contribution in [3.8, 4) is 11.5 Å². The van der Waals surface area contributed by atoms with Gasteiger partial charge in [0.25, 0.3) is 0 Å². The molecule has 0 spiro atoms. The average molecular weight is 367 g/mol. The molecular weight excluding hydrogens is 347 g/mol. The highest BCUT2D eigenvalue weighted by Gasteiger charge is 2.21. The van der Waals surface area contributed by atoms with E-state index in [2.05, 4.69) is 19.1 Å². The van der Waals surface area contributed by atoms with Crippen molar-refractivity contribution >= 4 is 23.2 Å². The molecule has 3 rings (SSSR count). The zero-order valence-electron chi connectivity index (χ0n) is 13.6. The minimum atomic E-state index is -0.143. The van der Waals surface area contributed by atoms with E-state index >= 15 is 0 Å². The van der Waals surface area contributed by atoms with Gasteiger partial charge in [-0.3, -0.25) is 0 Å². The molecule has 0 fully saturated rings. The summed E-state index contributed by atoms with van der Waals surface area (Å²) >= 11 is 12.3. The van der Waals surface area contributed by atoms with Crippen LogP contribution in [0.1, 0.15) is 24.5 Å². The van der Waals surface area contributed by atoms with E-state index in [0.29, 0.717) is 29.9 Å². The van der Waals surface area contributed by atoms with Crippen molar-refractivity contribution in [2.75, 3.05) is 13.2 Å². The second-order valence-electron chi connectivity index (χ2n) is 5.80. The zero-order chi connectivity index (χ0) is 16.9. The van der Waals surface area contributed by atoms with Gasteiger partial charge in [-0.1, -0.05) is 48.7 Å². The quantitative estimate of drug-likeness (QED) is 0.693. The zero-order valence-corrected chi connectivity index (χ0v) is 15.1. The van der Waals surface area contributed by atoms with Crippen LogP contribution in [0.3, 0.4) is 0 Å². The largest absolute Gasteiger partial charge is 0.486 e. The molecule has 2 aromatic rings. The number of halogens is 2. The van der Waals surface area contributed by atoms with Gasteiger partial charge in [-0.2, -0.15) is 0 Å². The normalized spacial score (nSPS) is 16.2. The lowest BCUT2D eigenvalue weighted by atomic mass is 10.1. The minimum Gasteiger partial charge on any atom is -0.486 e. The van der Waals surface area contributed by atoms with Gasteiger partial charge in [0.05, 0.1) is 13.2 Å². The van der Waals surface area contributed by atoms with Crippen molar-refractivity contribution < 1.29 is 14.2 Å². The van der Waals surface area contributed by atoms with Crippen LogP contribution >= 0.6 is 23.2 Å². The molecule has 1 unspecified atom stereocenters. The Bertz CT molecular complexity index is 683. The molecule has 128 valence electrons. The van der Waals surface area contributed by atoms with Crippen LogP contribution in [0.2, 0.25) is 10.0 Å². The van der Waals surface area contributed by atoms with Gasteiger partial charge in [-0.05, 0) is 36.2 Å². The van der Waals surface area contributed by atoms with Crippen LogP contribution in [0.15, 0.2) is 36.4 Å². The molecule has 2 aromatic carbocycles. The summed E-state index contributed by atoms with van der Waals surface area (Å²) in [4.78, 5) is 0. The fraction of sp³-hybridized carbons (Fsp3) is 0.368. The molecule has 0 amide bonds. The number of hydrogen-bond acceptors (Lipinski definition) is 3. The molecule has 0 aliphatic carbocycles. The Morgan fingerprint density at radius 3 is 2.67 bits per heavy atom. The van der Waals surface area contributed by atoms with E-state index < -0.39 is 0 Å². The molecule has 24 heavy (non-hydrogen) atoms. The van der Waals surface area contributed by atoms with E-state index in [1.54, 1.807) is 12.1 Å². The molecule has 0 aromatic heterocycles. The summed E-state index contributed by atoms with van der Waals surface area (Å²) < 4.78 is 17.5. The summed E-state index contributed by atoms with van der Waals surface area (Å²) in [6.45, 7) is 3.39. The average Bonchev–Trinajstić information content (AvgIpc) is 2.57. The molecule has 5 heteroatoms. The fourth-order valence-corrected chi connectivity index (χ4v) is 3.16.